The van der Waals surface area contributed by atoms with Crippen molar-refractivity contribution in [3.8, 4) is 10.6 Å². The van der Waals surface area contributed by atoms with Gasteiger partial charge in [0.25, 0.3) is 0 Å². The van der Waals surface area contributed by atoms with Gasteiger partial charge in [-0.1, -0.05) is 0 Å². The maximum atomic E-state index is 12.9. The number of nitrogens with zero attached hydrogens (tertiary/aromatic N) is 7. The molecule has 0 N–H and O–H groups in total. The third-order valence-electron chi connectivity index (χ3n) is 4.28. The molecule has 0 spiro atoms. The van der Waals surface area contributed by atoms with Crippen LogP contribution in [0.4, 0.5) is 16.2 Å². The molecule has 1 aliphatic heterocycles. The lowest BCUT2D eigenvalue weighted by Gasteiger charge is -2.35. The van der Waals surface area contributed by atoms with Crippen LogP contribution in [0.5, 0.6) is 0 Å². The molecule has 0 aliphatic carbocycles. The van der Waals surface area contributed by atoms with Gasteiger partial charge in [0.15, 0.2) is 11.6 Å². The highest BCUT2D eigenvalue weighted by molar-refractivity contribution is 7.15. The predicted molar refractivity (Wildman–Crippen MR) is 99.0 cm³/mol. The first kappa shape index (κ1) is 16.8. The summed E-state index contributed by atoms with van der Waals surface area (Å²) < 4.78 is 12.9. The summed E-state index contributed by atoms with van der Waals surface area (Å²) in [6.45, 7) is 7.06. The zero-order valence-electron chi connectivity index (χ0n) is 14.6. The Morgan fingerprint density at radius 3 is 2.23 bits per heavy atom. The zero-order valence-corrected chi connectivity index (χ0v) is 15.4. The highest BCUT2D eigenvalue weighted by Crippen LogP contribution is 2.28. The number of rotatable bonds is 3. The fraction of sp³-hybridized carbons (Fsp3) is 0.353. The normalized spacial score (nSPS) is 14.7. The van der Waals surface area contributed by atoms with E-state index in [9.17, 15) is 4.39 Å². The Kier molecular flexibility index (Phi) is 4.46. The van der Waals surface area contributed by atoms with Crippen molar-refractivity contribution in [2.24, 2.45) is 0 Å². The first-order valence-corrected chi connectivity index (χ1v) is 9.17. The number of hydrogen-bond donors (Lipinski definition) is 0. The molecular formula is C17H18FN7S. The Balaban J connectivity index is 1.43. The largest absolute Gasteiger partial charge is 0.352 e. The molecule has 3 aromatic heterocycles. The minimum atomic E-state index is -0.422. The van der Waals surface area contributed by atoms with E-state index in [0.29, 0.717) is 5.95 Å². The van der Waals surface area contributed by atoms with Crippen molar-refractivity contribution in [3.63, 3.8) is 0 Å². The average molecular weight is 371 g/mol. The van der Waals surface area contributed by atoms with Crippen molar-refractivity contribution in [1.82, 2.24) is 25.1 Å². The molecule has 0 atom stereocenters. The molecule has 26 heavy (non-hydrogen) atoms. The van der Waals surface area contributed by atoms with E-state index < -0.39 is 5.82 Å². The van der Waals surface area contributed by atoms with Gasteiger partial charge in [-0.2, -0.15) is 0 Å². The lowest BCUT2D eigenvalue weighted by atomic mass is 10.2. The first-order chi connectivity index (χ1) is 12.6. The predicted octanol–water partition coefficient (Wildman–Crippen LogP) is 2.47. The maximum absolute atomic E-state index is 12.9. The average Bonchev–Trinajstić information content (AvgIpc) is 3.01. The first-order valence-electron chi connectivity index (χ1n) is 8.36. The summed E-state index contributed by atoms with van der Waals surface area (Å²) in [7, 11) is 0. The van der Waals surface area contributed by atoms with Crippen molar-refractivity contribution < 1.29 is 4.39 Å². The lowest BCUT2D eigenvalue weighted by Crippen LogP contribution is -2.47. The summed E-state index contributed by atoms with van der Waals surface area (Å²) in [4.78, 5) is 17.8. The van der Waals surface area contributed by atoms with Crippen LogP contribution in [-0.4, -0.2) is 51.3 Å². The fourth-order valence-corrected chi connectivity index (χ4v) is 3.87. The molecule has 7 nitrogen and oxygen atoms in total. The highest BCUT2D eigenvalue weighted by atomic mass is 32.1. The Hall–Kier alpha value is -2.68. The van der Waals surface area contributed by atoms with Crippen molar-refractivity contribution in [2.75, 3.05) is 36.0 Å². The van der Waals surface area contributed by atoms with Crippen LogP contribution in [0.2, 0.25) is 0 Å². The van der Waals surface area contributed by atoms with E-state index in [0.717, 1.165) is 53.3 Å². The van der Waals surface area contributed by atoms with Crippen molar-refractivity contribution >= 4 is 23.1 Å². The third kappa shape index (κ3) is 3.34. The van der Waals surface area contributed by atoms with Crippen LogP contribution in [0.1, 0.15) is 10.7 Å². The Bertz CT molecular complexity index is 886. The highest BCUT2D eigenvalue weighted by Gasteiger charge is 2.20. The van der Waals surface area contributed by atoms with Gasteiger partial charge in [-0.05, 0) is 26.0 Å². The van der Waals surface area contributed by atoms with Gasteiger partial charge in [-0.15, -0.1) is 21.5 Å². The molecular weight excluding hydrogens is 353 g/mol. The van der Waals surface area contributed by atoms with E-state index in [1.807, 2.05) is 30.9 Å². The van der Waals surface area contributed by atoms with Crippen molar-refractivity contribution in [3.05, 3.63) is 41.0 Å². The van der Waals surface area contributed by atoms with Gasteiger partial charge in [-0.25, -0.2) is 19.3 Å². The van der Waals surface area contributed by atoms with Crippen molar-refractivity contribution in [1.29, 1.82) is 0 Å². The van der Waals surface area contributed by atoms with E-state index in [-0.39, 0.29) is 0 Å². The third-order valence-corrected chi connectivity index (χ3v) is 5.38. The number of piperazine rings is 1. The summed E-state index contributed by atoms with van der Waals surface area (Å²) >= 11 is 1.63. The lowest BCUT2D eigenvalue weighted by molar-refractivity contribution is 0.601. The van der Waals surface area contributed by atoms with E-state index in [2.05, 4.69) is 30.0 Å². The quantitative estimate of drug-likeness (QED) is 0.700. The van der Waals surface area contributed by atoms with Crippen LogP contribution >= 0.6 is 11.3 Å². The van der Waals surface area contributed by atoms with Crippen LogP contribution < -0.4 is 9.80 Å². The molecule has 3 aromatic rings. The number of anilines is 2. The molecule has 1 aliphatic rings. The molecule has 134 valence electrons. The van der Waals surface area contributed by atoms with E-state index >= 15 is 0 Å². The number of aromatic nitrogens is 5. The molecule has 4 heterocycles. The molecule has 0 saturated carbocycles. The van der Waals surface area contributed by atoms with Crippen molar-refractivity contribution in [2.45, 2.75) is 13.8 Å². The topological polar surface area (TPSA) is 70.9 Å². The summed E-state index contributed by atoms with van der Waals surface area (Å²) in [5.74, 6) is 0.991. The molecule has 4 rings (SSSR count). The molecule has 1 saturated heterocycles. The van der Waals surface area contributed by atoms with Crippen LogP contribution in [0.3, 0.4) is 0 Å². The maximum Gasteiger partial charge on any atom is 0.225 e. The summed E-state index contributed by atoms with van der Waals surface area (Å²) in [6.07, 6.45) is 2.39. The second kappa shape index (κ2) is 6.91. The SMILES string of the molecule is Cc1nc(C)c(-c2ccc(N3CCN(c4ncc(F)cn4)CC3)nn2)s1. The molecule has 0 amide bonds. The summed E-state index contributed by atoms with van der Waals surface area (Å²) in [6, 6.07) is 4.00. The standard InChI is InChI=1S/C17H18FN7S/c1-11-16(26-12(2)21-11)14-3-4-15(23-22-14)24-5-7-25(8-6-24)17-19-9-13(18)10-20-17/h3-4,9-10H,5-8H2,1-2H3. The minimum absolute atomic E-state index is 0.422. The van der Waals surface area contributed by atoms with Gasteiger partial charge in [0, 0.05) is 26.2 Å². The van der Waals surface area contributed by atoms with Gasteiger partial charge in [-0.3, -0.25) is 0 Å². The van der Waals surface area contributed by atoms with E-state index in [1.54, 1.807) is 11.3 Å². The van der Waals surface area contributed by atoms with E-state index in [4.69, 9.17) is 0 Å². The van der Waals surface area contributed by atoms with Crippen LogP contribution in [0, 0.1) is 19.7 Å². The van der Waals surface area contributed by atoms with E-state index in [1.165, 1.54) is 12.4 Å². The van der Waals surface area contributed by atoms with Crippen LogP contribution in [-0.2, 0) is 0 Å². The molecule has 0 bridgehead atoms. The van der Waals surface area contributed by atoms with Crippen LogP contribution in [0.25, 0.3) is 10.6 Å². The van der Waals surface area contributed by atoms with Gasteiger partial charge in [0.1, 0.15) is 5.69 Å². The zero-order chi connectivity index (χ0) is 18.1. The molecule has 0 aromatic carbocycles. The summed E-state index contributed by atoms with van der Waals surface area (Å²) in [5, 5.41) is 9.81. The van der Waals surface area contributed by atoms with Gasteiger partial charge in [0.05, 0.1) is 28.0 Å². The molecule has 9 heteroatoms. The smallest absolute Gasteiger partial charge is 0.225 e. The Morgan fingerprint density at radius 2 is 1.65 bits per heavy atom. The number of aryl methyl sites for hydroxylation is 2. The molecule has 0 unspecified atom stereocenters. The second-order valence-corrected chi connectivity index (χ2v) is 7.30. The number of hydrogen-bond acceptors (Lipinski definition) is 8. The van der Waals surface area contributed by atoms with Gasteiger partial charge in [0.2, 0.25) is 5.95 Å². The Morgan fingerprint density at radius 1 is 0.962 bits per heavy atom. The second-order valence-electron chi connectivity index (χ2n) is 6.10. The number of thiazole rings is 1. The molecule has 0 radical (unpaired) electrons. The molecule has 1 fully saturated rings. The fourth-order valence-electron chi connectivity index (χ4n) is 2.99. The number of halogens is 1. The monoisotopic (exact) mass is 371 g/mol. The van der Waals surface area contributed by atoms with Gasteiger partial charge >= 0.3 is 0 Å². The van der Waals surface area contributed by atoms with Gasteiger partial charge < -0.3 is 9.80 Å². The minimum Gasteiger partial charge on any atom is -0.352 e. The summed E-state index contributed by atoms with van der Waals surface area (Å²) in [5.41, 5.74) is 1.85. The Labute approximate surface area is 154 Å². The van der Waals surface area contributed by atoms with Crippen LogP contribution in [0.15, 0.2) is 24.5 Å².